The number of imidazole rings is 1. The predicted molar refractivity (Wildman–Crippen MR) is 57.5 cm³/mol. The van der Waals surface area contributed by atoms with E-state index in [2.05, 4.69) is 9.55 Å². The van der Waals surface area contributed by atoms with Crippen LogP contribution in [0, 0.1) is 6.92 Å². The first-order valence-electron chi connectivity index (χ1n) is 4.47. The van der Waals surface area contributed by atoms with Gasteiger partial charge >= 0.3 is 0 Å². The average Bonchev–Trinajstić information content (AvgIpc) is 2.56. The lowest BCUT2D eigenvalue weighted by atomic mass is 10.2. The summed E-state index contributed by atoms with van der Waals surface area (Å²) < 4.78 is 2.05. The molecule has 0 radical (unpaired) electrons. The number of aromatic nitrogens is 2. The van der Waals surface area contributed by atoms with Crippen LogP contribution in [0.3, 0.4) is 0 Å². The van der Waals surface area contributed by atoms with E-state index >= 15 is 0 Å². The normalized spacial score (nSPS) is 10.4. The molecule has 1 aromatic carbocycles. The quantitative estimate of drug-likeness (QED) is 0.739. The first-order valence-corrected chi connectivity index (χ1v) is 4.84. The van der Waals surface area contributed by atoms with Crippen LogP contribution in [-0.4, -0.2) is 9.55 Å². The van der Waals surface area contributed by atoms with Gasteiger partial charge in [-0.1, -0.05) is 23.7 Å². The number of rotatable bonds is 2. The van der Waals surface area contributed by atoms with Crippen molar-refractivity contribution in [3.63, 3.8) is 0 Å². The standard InChI is InChI=1S/C11H11ClN2/c1-9-6-14(8-13-9)7-10-2-4-11(12)5-3-10/h2-6,8H,7H2,1H3. The lowest BCUT2D eigenvalue weighted by Crippen LogP contribution is -1.95. The number of hydrogen-bond acceptors (Lipinski definition) is 1. The van der Waals surface area contributed by atoms with Crippen molar-refractivity contribution < 1.29 is 0 Å². The zero-order valence-corrected chi connectivity index (χ0v) is 8.70. The van der Waals surface area contributed by atoms with Crippen molar-refractivity contribution in [1.82, 2.24) is 9.55 Å². The largest absolute Gasteiger partial charge is 0.333 e. The van der Waals surface area contributed by atoms with Crippen molar-refractivity contribution in [3.8, 4) is 0 Å². The van der Waals surface area contributed by atoms with Crippen molar-refractivity contribution in [1.29, 1.82) is 0 Å². The minimum absolute atomic E-state index is 0.774. The van der Waals surface area contributed by atoms with E-state index in [9.17, 15) is 0 Å². The average molecular weight is 207 g/mol. The van der Waals surface area contributed by atoms with E-state index in [1.54, 1.807) is 0 Å². The molecule has 0 atom stereocenters. The first kappa shape index (κ1) is 9.28. The van der Waals surface area contributed by atoms with Crippen LogP contribution in [0.15, 0.2) is 36.8 Å². The first-order chi connectivity index (χ1) is 6.74. The van der Waals surface area contributed by atoms with Crippen molar-refractivity contribution in [2.75, 3.05) is 0 Å². The Morgan fingerprint density at radius 2 is 2.00 bits per heavy atom. The van der Waals surface area contributed by atoms with Gasteiger partial charge in [0.15, 0.2) is 0 Å². The van der Waals surface area contributed by atoms with Crippen LogP contribution in [0.4, 0.5) is 0 Å². The number of aryl methyl sites for hydroxylation is 1. The van der Waals surface area contributed by atoms with Gasteiger partial charge in [-0.15, -0.1) is 0 Å². The summed E-state index contributed by atoms with van der Waals surface area (Å²) in [5, 5.41) is 0.774. The molecule has 2 aromatic rings. The van der Waals surface area contributed by atoms with E-state index in [1.165, 1.54) is 5.56 Å². The Labute approximate surface area is 88.2 Å². The number of benzene rings is 1. The van der Waals surface area contributed by atoms with E-state index in [0.717, 1.165) is 17.3 Å². The highest BCUT2D eigenvalue weighted by Gasteiger charge is 1.96. The molecule has 0 spiro atoms. The Kier molecular flexibility index (Phi) is 2.55. The van der Waals surface area contributed by atoms with E-state index in [4.69, 9.17) is 11.6 Å². The SMILES string of the molecule is Cc1cn(Cc2ccc(Cl)cc2)cn1. The number of halogens is 1. The van der Waals surface area contributed by atoms with Crippen molar-refractivity contribution in [3.05, 3.63) is 53.1 Å². The summed E-state index contributed by atoms with van der Waals surface area (Å²) in [6.07, 6.45) is 3.86. The fourth-order valence-electron chi connectivity index (χ4n) is 1.36. The molecule has 0 saturated carbocycles. The lowest BCUT2D eigenvalue weighted by Gasteiger charge is -2.01. The molecule has 0 bridgehead atoms. The maximum Gasteiger partial charge on any atom is 0.0952 e. The van der Waals surface area contributed by atoms with Gasteiger partial charge in [-0.05, 0) is 24.6 Å². The molecule has 2 nitrogen and oxygen atoms in total. The monoisotopic (exact) mass is 206 g/mol. The molecular formula is C11H11ClN2. The Balaban J connectivity index is 2.15. The van der Waals surface area contributed by atoms with Gasteiger partial charge < -0.3 is 4.57 Å². The Hall–Kier alpha value is -1.28. The zero-order chi connectivity index (χ0) is 9.97. The van der Waals surface area contributed by atoms with Gasteiger partial charge in [-0.2, -0.15) is 0 Å². The van der Waals surface area contributed by atoms with Gasteiger partial charge in [0.25, 0.3) is 0 Å². The van der Waals surface area contributed by atoms with Gasteiger partial charge in [0, 0.05) is 17.8 Å². The van der Waals surface area contributed by atoms with Crippen molar-refractivity contribution in [2.24, 2.45) is 0 Å². The Morgan fingerprint density at radius 1 is 1.29 bits per heavy atom. The summed E-state index contributed by atoms with van der Waals surface area (Å²) in [5.41, 5.74) is 2.27. The van der Waals surface area contributed by atoms with Crippen molar-refractivity contribution >= 4 is 11.6 Å². The number of nitrogens with zero attached hydrogens (tertiary/aromatic N) is 2. The second-order valence-electron chi connectivity index (χ2n) is 3.31. The van der Waals surface area contributed by atoms with Crippen LogP contribution in [0.2, 0.25) is 5.02 Å². The summed E-state index contributed by atoms with van der Waals surface area (Å²) in [7, 11) is 0. The van der Waals surface area contributed by atoms with E-state index in [-0.39, 0.29) is 0 Å². The maximum atomic E-state index is 5.80. The molecule has 1 heterocycles. The zero-order valence-electron chi connectivity index (χ0n) is 7.94. The van der Waals surface area contributed by atoms with Gasteiger partial charge in [-0.25, -0.2) is 4.98 Å². The lowest BCUT2D eigenvalue weighted by molar-refractivity contribution is 0.797. The second kappa shape index (κ2) is 3.84. The van der Waals surface area contributed by atoms with Crippen LogP contribution in [0.1, 0.15) is 11.3 Å². The maximum absolute atomic E-state index is 5.80. The molecule has 0 amide bonds. The van der Waals surface area contributed by atoms with Crippen LogP contribution >= 0.6 is 11.6 Å². The molecule has 0 unspecified atom stereocenters. The molecule has 0 N–H and O–H groups in total. The third kappa shape index (κ3) is 2.15. The Morgan fingerprint density at radius 3 is 2.57 bits per heavy atom. The summed E-state index contributed by atoms with van der Waals surface area (Å²) in [4.78, 5) is 4.17. The third-order valence-electron chi connectivity index (χ3n) is 2.04. The second-order valence-corrected chi connectivity index (χ2v) is 3.75. The summed E-state index contributed by atoms with van der Waals surface area (Å²) in [5.74, 6) is 0. The highest BCUT2D eigenvalue weighted by molar-refractivity contribution is 6.30. The number of hydrogen-bond donors (Lipinski definition) is 0. The minimum atomic E-state index is 0.774. The highest BCUT2D eigenvalue weighted by atomic mass is 35.5. The van der Waals surface area contributed by atoms with Crippen molar-refractivity contribution in [2.45, 2.75) is 13.5 Å². The summed E-state index contributed by atoms with van der Waals surface area (Å²) in [6.45, 7) is 2.83. The highest BCUT2D eigenvalue weighted by Crippen LogP contribution is 2.10. The Bertz CT molecular complexity index is 417. The molecule has 0 saturated heterocycles. The smallest absolute Gasteiger partial charge is 0.0952 e. The van der Waals surface area contributed by atoms with E-state index < -0.39 is 0 Å². The summed E-state index contributed by atoms with van der Waals surface area (Å²) >= 11 is 5.80. The molecule has 72 valence electrons. The van der Waals surface area contributed by atoms with Crippen LogP contribution < -0.4 is 0 Å². The molecule has 0 fully saturated rings. The van der Waals surface area contributed by atoms with Crippen LogP contribution in [-0.2, 0) is 6.54 Å². The van der Waals surface area contributed by atoms with Gasteiger partial charge in [0.2, 0.25) is 0 Å². The fourth-order valence-corrected chi connectivity index (χ4v) is 1.48. The molecular weight excluding hydrogens is 196 g/mol. The van der Waals surface area contributed by atoms with Gasteiger partial charge in [0.05, 0.1) is 12.0 Å². The van der Waals surface area contributed by atoms with E-state index in [0.29, 0.717) is 0 Å². The van der Waals surface area contributed by atoms with Gasteiger partial charge in [0.1, 0.15) is 0 Å². The van der Waals surface area contributed by atoms with Crippen LogP contribution in [0.25, 0.3) is 0 Å². The molecule has 0 aliphatic carbocycles. The molecule has 0 aliphatic heterocycles. The summed E-state index contributed by atoms with van der Waals surface area (Å²) in [6, 6.07) is 7.86. The third-order valence-corrected chi connectivity index (χ3v) is 2.29. The van der Waals surface area contributed by atoms with Crippen LogP contribution in [0.5, 0.6) is 0 Å². The minimum Gasteiger partial charge on any atom is -0.333 e. The predicted octanol–water partition coefficient (Wildman–Crippen LogP) is 2.89. The fraction of sp³-hybridized carbons (Fsp3) is 0.182. The molecule has 14 heavy (non-hydrogen) atoms. The van der Waals surface area contributed by atoms with Gasteiger partial charge in [-0.3, -0.25) is 0 Å². The van der Waals surface area contributed by atoms with E-state index in [1.807, 2.05) is 43.7 Å². The molecule has 0 aliphatic rings. The molecule has 2 rings (SSSR count). The topological polar surface area (TPSA) is 17.8 Å². The molecule has 3 heteroatoms. The molecule has 1 aromatic heterocycles.